The number of amides is 1. The number of aryl methyl sites for hydroxylation is 1. The maximum absolute atomic E-state index is 12.8. The first-order valence-electron chi connectivity index (χ1n) is 10.2. The van der Waals surface area contributed by atoms with E-state index >= 15 is 0 Å². The van der Waals surface area contributed by atoms with Gasteiger partial charge in [0, 0.05) is 37.3 Å². The molecule has 1 saturated heterocycles. The summed E-state index contributed by atoms with van der Waals surface area (Å²) in [6.07, 6.45) is 0.446. The molecule has 0 saturated carbocycles. The second-order valence-electron chi connectivity index (χ2n) is 8.11. The van der Waals surface area contributed by atoms with Crippen molar-refractivity contribution in [2.45, 2.75) is 45.8 Å². The molecule has 2 aromatic carbocycles. The molecule has 29 heavy (non-hydrogen) atoms. The van der Waals surface area contributed by atoms with Gasteiger partial charge in [-0.15, -0.1) is 0 Å². The highest BCUT2D eigenvalue weighted by Gasteiger charge is 2.31. The zero-order valence-electron chi connectivity index (χ0n) is 17.5. The number of rotatable bonds is 6. The summed E-state index contributed by atoms with van der Waals surface area (Å²) < 4.78 is 0. The number of hydrogen-bond acceptors (Lipinski definition) is 4. The predicted molar refractivity (Wildman–Crippen MR) is 114 cm³/mol. The van der Waals surface area contributed by atoms with Gasteiger partial charge in [-0.05, 0) is 31.9 Å². The molecule has 2 atom stereocenters. The third-order valence-electron chi connectivity index (χ3n) is 5.68. The number of carbonyl (C=O) groups excluding carboxylic acids is 2. The van der Waals surface area contributed by atoms with Gasteiger partial charge in [0.15, 0.2) is 5.78 Å². The lowest BCUT2D eigenvalue weighted by molar-refractivity contribution is -0.135. The Labute approximate surface area is 172 Å². The SMILES string of the molecule is Cc1cccc(CC(=O)N2C[C@@H](C)N(Cc3ccc(C(=O)CO)cc3)[C@@H](C)C2)c1. The van der Waals surface area contributed by atoms with Crippen LogP contribution in [0.15, 0.2) is 48.5 Å². The van der Waals surface area contributed by atoms with E-state index in [9.17, 15) is 9.59 Å². The van der Waals surface area contributed by atoms with Gasteiger partial charge in [-0.25, -0.2) is 0 Å². The summed E-state index contributed by atoms with van der Waals surface area (Å²) in [5.41, 5.74) is 3.89. The quantitative estimate of drug-likeness (QED) is 0.766. The molecule has 1 fully saturated rings. The number of carbonyl (C=O) groups is 2. The van der Waals surface area contributed by atoms with Crippen molar-refractivity contribution in [3.05, 3.63) is 70.8 Å². The fourth-order valence-electron chi connectivity index (χ4n) is 4.08. The molecule has 1 heterocycles. The van der Waals surface area contributed by atoms with E-state index in [-0.39, 0.29) is 23.8 Å². The first-order valence-corrected chi connectivity index (χ1v) is 10.2. The first-order chi connectivity index (χ1) is 13.9. The Morgan fingerprint density at radius 3 is 2.24 bits per heavy atom. The van der Waals surface area contributed by atoms with Crippen LogP contribution in [0.4, 0.5) is 0 Å². The lowest BCUT2D eigenvalue weighted by Crippen LogP contribution is -2.57. The van der Waals surface area contributed by atoms with Crippen LogP contribution in [0.1, 0.15) is 40.9 Å². The van der Waals surface area contributed by atoms with Crippen LogP contribution in [0.5, 0.6) is 0 Å². The van der Waals surface area contributed by atoms with Crippen LogP contribution < -0.4 is 0 Å². The average Bonchev–Trinajstić information content (AvgIpc) is 2.70. The Balaban J connectivity index is 1.60. The lowest BCUT2D eigenvalue weighted by Gasteiger charge is -2.44. The van der Waals surface area contributed by atoms with Crippen LogP contribution in [-0.4, -0.2) is 58.4 Å². The number of piperazine rings is 1. The standard InChI is InChI=1S/C24H30N2O3/c1-17-5-4-6-21(11-17)12-24(29)25-13-18(2)26(19(3)14-25)15-20-7-9-22(10-8-20)23(28)16-27/h4-11,18-19,27H,12-16H2,1-3H3/t18-,19+. The van der Waals surface area contributed by atoms with Crippen molar-refractivity contribution in [2.24, 2.45) is 0 Å². The number of hydrogen-bond donors (Lipinski definition) is 1. The number of nitrogens with zero attached hydrogens (tertiary/aromatic N) is 2. The van der Waals surface area contributed by atoms with Gasteiger partial charge in [-0.3, -0.25) is 14.5 Å². The third kappa shape index (κ3) is 5.31. The Kier molecular flexibility index (Phi) is 6.83. The van der Waals surface area contributed by atoms with Gasteiger partial charge in [0.2, 0.25) is 5.91 Å². The smallest absolute Gasteiger partial charge is 0.227 e. The van der Waals surface area contributed by atoms with E-state index in [2.05, 4.69) is 24.8 Å². The largest absolute Gasteiger partial charge is 0.388 e. The van der Waals surface area contributed by atoms with E-state index in [1.54, 1.807) is 12.1 Å². The summed E-state index contributed by atoms with van der Waals surface area (Å²) in [4.78, 5) is 28.8. The maximum Gasteiger partial charge on any atom is 0.227 e. The molecule has 5 heteroatoms. The van der Waals surface area contributed by atoms with Crippen molar-refractivity contribution in [1.82, 2.24) is 9.80 Å². The van der Waals surface area contributed by atoms with Crippen molar-refractivity contribution in [3.8, 4) is 0 Å². The molecule has 1 N–H and O–H groups in total. The van der Waals surface area contributed by atoms with Crippen molar-refractivity contribution < 1.29 is 14.7 Å². The molecule has 0 spiro atoms. The molecule has 3 rings (SSSR count). The minimum absolute atomic E-state index is 0.181. The lowest BCUT2D eigenvalue weighted by atomic mass is 10.0. The number of aliphatic hydroxyl groups is 1. The van der Waals surface area contributed by atoms with E-state index in [0.29, 0.717) is 12.0 Å². The fraction of sp³-hybridized carbons (Fsp3) is 0.417. The normalized spacial score (nSPS) is 19.9. The van der Waals surface area contributed by atoms with Crippen LogP contribution >= 0.6 is 0 Å². The van der Waals surface area contributed by atoms with Crippen LogP contribution in [-0.2, 0) is 17.8 Å². The summed E-state index contributed by atoms with van der Waals surface area (Å²) in [7, 11) is 0. The van der Waals surface area contributed by atoms with E-state index in [1.807, 2.05) is 42.2 Å². The predicted octanol–water partition coefficient (Wildman–Crippen LogP) is 2.83. The van der Waals surface area contributed by atoms with Crippen LogP contribution in [0.2, 0.25) is 0 Å². The van der Waals surface area contributed by atoms with Crippen LogP contribution in [0.25, 0.3) is 0 Å². The van der Waals surface area contributed by atoms with Gasteiger partial charge in [0.05, 0.1) is 6.42 Å². The second-order valence-corrected chi connectivity index (χ2v) is 8.11. The maximum atomic E-state index is 12.8. The molecule has 154 valence electrons. The molecule has 2 aromatic rings. The molecule has 1 amide bonds. The highest BCUT2D eigenvalue weighted by Crippen LogP contribution is 2.20. The molecule has 5 nitrogen and oxygen atoms in total. The van der Waals surface area contributed by atoms with Gasteiger partial charge < -0.3 is 10.0 Å². The highest BCUT2D eigenvalue weighted by molar-refractivity contribution is 5.96. The molecule has 0 radical (unpaired) electrons. The van der Waals surface area contributed by atoms with Crippen molar-refractivity contribution in [3.63, 3.8) is 0 Å². The van der Waals surface area contributed by atoms with Crippen LogP contribution in [0.3, 0.4) is 0 Å². The van der Waals surface area contributed by atoms with Gasteiger partial charge in [-0.2, -0.15) is 0 Å². The molecular formula is C24H30N2O3. The Hall–Kier alpha value is -2.50. The average molecular weight is 395 g/mol. The minimum Gasteiger partial charge on any atom is -0.388 e. The summed E-state index contributed by atoms with van der Waals surface area (Å²) >= 11 is 0. The Morgan fingerprint density at radius 1 is 1.00 bits per heavy atom. The molecular weight excluding hydrogens is 364 g/mol. The minimum atomic E-state index is -0.466. The van der Waals surface area contributed by atoms with Crippen molar-refractivity contribution in [2.75, 3.05) is 19.7 Å². The zero-order chi connectivity index (χ0) is 21.0. The monoisotopic (exact) mass is 394 g/mol. The van der Waals surface area contributed by atoms with Gasteiger partial charge in [0.1, 0.15) is 6.61 Å². The Morgan fingerprint density at radius 2 is 1.66 bits per heavy atom. The zero-order valence-corrected chi connectivity index (χ0v) is 17.5. The van der Waals surface area contributed by atoms with Crippen molar-refractivity contribution in [1.29, 1.82) is 0 Å². The third-order valence-corrected chi connectivity index (χ3v) is 5.68. The van der Waals surface area contributed by atoms with Gasteiger partial charge in [-0.1, -0.05) is 54.1 Å². The van der Waals surface area contributed by atoms with E-state index in [4.69, 9.17) is 5.11 Å². The first kappa shape index (κ1) is 21.2. The molecule has 0 bridgehead atoms. The summed E-state index contributed by atoms with van der Waals surface area (Å²) in [5, 5.41) is 8.97. The van der Waals surface area contributed by atoms with Gasteiger partial charge >= 0.3 is 0 Å². The summed E-state index contributed by atoms with van der Waals surface area (Å²) in [6.45, 7) is 8.11. The molecule has 1 aliphatic rings. The number of ketones is 1. The Bertz CT molecular complexity index is 851. The highest BCUT2D eigenvalue weighted by atomic mass is 16.3. The number of Topliss-reactive ketones (excluding diaryl/α,β-unsaturated/α-hetero) is 1. The van der Waals surface area contributed by atoms with Crippen LogP contribution in [0, 0.1) is 6.92 Å². The van der Waals surface area contributed by atoms with E-state index in [0.717, 1.165) is 30.8 Å². The van der Waals surface area contributed by atoms with Gasteiger partial charge in [0.25, 0.3) is 0 Å². The topological polar surface area (TPSA) is 60.9 Å². The number of aliphatic hydroxyl groups excluding tert-OH is 1. The van der Waals surface area contributed by atoms with Crippen molar-refractivity contribution >= 4 is 11.7 Å². The molecule has 0 aliphatic carbocycles. The molecule has 0 aromatic heterocycles. The molecule has 1 aliphatic heterocycles. The summed E-state index contributed by atoms with van der Waals surface area (Å²) in [6, 6.07) is 16.1. The molecule has 0 unspecified atom stereocenters. The number of benzene rings is 2. The van der Waals surface area contributed by atoms with E-state index in [1.165, 1.54) is 5.56 Å². The van der Waals surface area contributed by atoms with E-state index < -0.39 is 6.61 Å². The summed E-state index contributed by atoms with van der Waals surface area (Å²) in [5.74, 6) is -0.0835. The fourth-order valence-corrected chi connectivity index (χ4v) is 4.08. The second kappa shape index (κ2) is 9.33.